The van der Waals surface area contributed by atoms with Gasteiger partial charge in [-0.15, -0.1) is 5.10 Å². The molecule has 0 aliphatic carbocycles. The lowest BCUT2D eigenvalue weighted by Gasteiger charge is -1.89. The molecule has 0 aliphatic rings. The first-order valence-electron chi connectivity index (χ1n) is 3.87. The Morgan fingerprint density at radius 1 is 1.23 bits per heavy atom. The van der Waals surface area contributed by atoms with Crippen LogP contribution in [0, 0.1) is 0 Å². The van der Waals surface area contributed by atoms with E-state index < -0.39 is 8.60 Å². The lowest BCUT2D eigenvalue weighted by molar-refractivity contribution is 0.368. The van der Waals surface area contributed by atoms with Crippen molar-refractivity contribution < 1.29 is 14.7 Å². The molecular formula is C6H14N3O3P. The summed E-state index contributed by atoms with van der Waals surface area (Å²) < 4.78 is 0. The van der Waals surface area contributed by atoms with E-state index in [0.717, 1.165) is 24.2 Å². The second kappa shape index (κ2) is 6.91. The number of aromatic amines is 1. The Hall–Kier alpha value is -0.550. The number of H-pyrrole nitrogens is 1. The molecule has 0 radical (unpaired) electrons. The van der Waals surface area contributed by atoms with Crippen LogP contribution >= 0.6 is 8.60 Å². The number of nitrogens with one attached hydrogen (secondary N) is 1. The van der Waals surface area contributed by atoms with Crippen LogP contribution in [-0.2, 0) is 12.8 Å². The van der Waals surface area contributed by atoms with E-state index in [0.29, 0.717) is 0 Å². The lowest BCUT2D eigenvalue weighted by atomic mass is 10.2. The summed E-state index contributed by atoms with van der Waals surface area (Å²) in [6, 6.07) is 0. The van der Waals surface area contributed by atoms with Crippen molar-refractivity contribution in [1.29, 1.82) is 0 Å². The molecule has 1 aromatic rings. The van der Waals surface area contributed by atoms with Gasteiger partial charge in [0.05, 0.1) is 11.4 Å². The van der Waals surface area contributed by atoms with Gasteiger partial charge in [-0.2, -0.15) is 0 Å². The van der Waals surface area contributed by atoms with E-state index >= 15 is 0 Å². The van der Waals surface area contributed by atoms with Crippen LogP contribution in [0.1, 0.15) is 25.2 Å². The SMILES string of the molecule is CCc1nn[nH]c1CC.OP(O)O. The average Bonchev–Trinajstić information content (AvgIpc) is 2.49. The first kappa shape index (κ1) is 12.4. The molecule has 0 aromatic carbocycles. The van der Waals surface area contributed by atoms with Crippen molar-refractivity contribution in [1.82, 2.24) is 15.4 Å². The second-order valence-electron chi connectivity index (χ2n) is 2.21. The van der Waals surface area contributed by atoms with Gasteiger partial charge < -0.3 is 14.7 Å². The van der Waals surface area contributed by atoms with Crippen LogP contribution in [0.5, 0.6) is 0 Å². The normalized spacial score (nSPS) is 9.69. The van der Waals surface area contributed by atoms with Gasteiger partial charge in [0.15, 0.2) is 0 Å². The Balaban J connectivity index is 0.000000310. The maximum Gasteiger partial charge on any atom is 0.324 e. The van der Waals surface area contributed by atoms with Gasteiger partial charge in [0.2, 0.25) is 0 Å². The maximum absolute atomic E-state index is 7.23. The molecular weight excluding hydrogens is 193 g/mol. The standard InChI is InChI=1S/C6H11N3.H3O3P/c1-3-5-6(4-2)8-9-7-5;1-4(2)3/h3-4H2,1-2H3,(H,7,8,9);1-3H. The number of nitrogens with zero attached hydrogens (tertiary/aromatic N) is 2. The minimum Gasteiger partial charge on any atom is -0.328 e. The summed E-state index contributed by atoms with van der Waals surface area (Å²) in [6.07, 6.45) is 1.97. The molecule has 4 N–H and O–H groups in total. The largest absolute Gasteiger partial charge is 0.328 e. The Morgan fingerprint density at radius 3 is 2.08 bits per heavy atom. The van der Waals surface area contributed by atoms with Crippen LogP contribution in [0.2, 0.25) is 0 Å². The average molecular weight is 207 g/mol. The van der Waals surface area contributed by atoms with Gasteiger partial charge in [-0.3, -0.25) is 5.10 Å². The Morgan fingerprint density at radius 2 is 1.77 bits per heavy atom. The van der Waals surface area contributed by atoms with Gasteiger partial charge >= 0.3 is 8.60 Å². The Bertz CT molecular complexity index is 207. The van der Waals surface area contributed by atoms with Crippen molar-refractivity contribution in [2.45, 2.75) is 26.7 Å². The fraction of sp³-hybridized carbons (Fsp3) is 0.667. The van der Waals surface area contributed by atoms with Gasteiger partial charge in [-0.25, -0.2) is 0 Å². The van der Waals surface area contributed by atoms with Crippen molar-refractivity contribution in [3.63, 3.8) is 0 Å². The number of hydrogen-bond acceptors (Lipinski definition) is 5. The van der Waals surface area contributed by atoms with E-state index in [9.17, 15) is 0 Å². The van der Waals surface area contributed by atoms with Crippen LogP contribution in [0.25, 0.3) is 0 Å². The molecule has 0 saturated heterocycles. The molecule has 1 aromatic heterocycles. The van der Waals surface area contributed by atoms with Crippen LogP contribution < -0.4 is 0 Å². The smallest absolute Gasteiger partial charge is 0.324 e. The van der Waals surface area contributed by atoms with Gasteiger partial charge in [-0.05, 0) is 12.8 Å². The Labute approximate surface area is 77.6 Å². The fourth-order valence-electron chi connectivity index (χ4n) is 0.838. The minimum absolute atomic E-state index is 0.972. The highest BCUT2D eigenvalue weighted by molar-refractivity contribution is 7.38. The van der Waals surface area contributed by atoms with Crippen molar-refractivity contribution in [3.8, 4) is 0 Å². The van der Waals surface area contributed by atoms with E-state index in [2.05, 4.69) is 29.3 Å². The topological polar surface area (TPSA) is 102 Å². The molecule has 6 nitrogen and oxygen atoms in total. The molecule has 1 heterocycles. The molecule has 76 valence electrons. The third-order valence-corrected chi connectivity index (χ3v) is 1.39. The summed E-state index contributed by atoms with van der Waals surface area (Å²) in [5.74, 6) is 0. The molecule has 13 heavy (non-hydrogen) atoms. The number of hydrogen-bond donors (Lipinski definition) is 4. The second-order valence-corrected chi connectivity index (χ2v) is 2.75. The number of rotatable bonds is 2. The van der Waals surface area contributed by atoms with E-state index in [1.165, 1.54) is 0 Å². The van der Waals surface area contributed by atoms with E-state index in [4.69, 9.17) is 14.7 Å². The van der Waals surface area contributed by atoms with Gasteiger partial charge in [0.1, 0.15) is 0 Å². The highest BCUT2D eigenvalue weighted by atomic mass is 31.2. The summed E-state index contributed by atoms with van der Waals surface area (Å²) >= 11 is 0. The number of aromatic nitrogens is 3. The quantitative estimate of drug-likeness (QED) is 0.516. The highest BCUT2D eigenvalue weighted by Crippen LogP contribution is 2.11. The zero-order valence-electron chi connectivity index (χ0n) is 7.60. The molecule has 0 aliphatic heterocycles. The summed E-state index contributed by atoms with van der Waals surface area (Å²) in [5, 5.41) is 10.4. The van der Waals surface area contributed by atoms with Crippen molar-refractivity contribution in [3.05, 3.63) is 11.4 Å². The third kappa shape index (κ3) is 5.65. The summed E-state index contributed by atoms with van der Waals surface area (Å²) in [4.78, 5) is 21.7. The number of aryl methyl sites for hydroxylation is 2. The predicted molar refractivity (Wildman–Crippen MR) is 48.7 cm³/mol. The molecule has 1 rings (SSSR count). The van der Waals surface area contributed by atoms with Crippen molar-refractivity contribution in [2.24, 2.45) is 0 Å². The summed E-state index contributed by atoms with van der Waals surface area (Å²) in [5.41, 5.74) is 2.26. The molecule has 0 unspecified atom stereocenters. The molecule has 0 saturated carbocycles. The minimum atomic E-state index is -2.62. The van der Waals surface area contributed by atoms with Gasteiger partial charge in [0, 0.05) is 0 Å². The van der Waals surface area contributed by atoms with Crippen LogP contribution in [0.3, 0.4) is 0 Å². The van der Waals surface area contributed by atoms with Crippen molar-refractivity contribution >= 4 is 8.60 Å². The van der Waals surface area contributed by atoms with Crippen LogP contribution in [0.15, 0.2) is 0 Å². The van der Waals surface area contributed by atoms with Crippen molar-refractivity contribution in [2.75, 3.05) is 0 Å². The fourth-order valence-corrected chi connectivity index (χ4v) is 0.838. The zero-order valence-corrected chi connectivity index (χ0v) is 8.49. The van der Waals surface area contributed by atoms with E-state index in [-0.39, 0.29) is 0 Å². The predicted octanol–water partition coefficient (Wildman–Crippen LogP) is 0.120. The van der Waals surface area contributed by atoms with Crippen LogP contribution in [-0.4, -0.2) is 30.1 Å². The molecule has 0 atom stereocenters. The molecule has 0 bridgehead atoms. The summed E-state index contributed by atoms with van der Waals surface area (Å²) in [7, 11) is -2.62. The van der Waals surface area contributed by atoms with E-state index in [1.807, 2.05) is 0 Å². The molecule has 0 fully saturated rings. The maximum atomic E-state index is 7.23. The first-order valence-corrected chi connectivity index (χ1v) is 5.07. The van der Waals surface area contributed by atoms with Gasteiger partial charge in [-0.1, -0.05) is 19.1 Å². The van der Waals surface area contributed by atoms with E-state index in [1.54, 1.807) is 0 Å². The lowest BCUT2D eigenvalue weighted by Crippen LogP contribution is -1.87. The first-order chi connectivity index (χ1) is 6.11. The Kier molecular flexibility index (Phi) is 6.62. The zero-order chi connectivity index (χ0) is 10.3. The third-order valence-electron chi connectivity index (χ3n) is 1.39. The summed E-state index contributed by atoms with van der Waals surface area (Å²) in [6.45, 7) is 4.17. The van der Waals surface area contributed by atoms with Crippen LogP contribution in [0.4, 0.5) is 0 Å². The highest BCUT2D eigenvalue weighted by Gasteiger charge is 1.99. The molecule has 0 amide bonds. The van der Waals surface area contributed by atoms with Gasteiger partial charge in [0.25, 0.3) is 0 Å². The molecule has 7 heteroatoms. The molecule has 0 spiro atoms. The monoisotopic (exact) mass is 207 g/mol.